The molecule has 1 heterocycles. The molecule has 0 bridgehead atoms. The van der Waals surface area contributed by atoms with Crippen molar-refractivity contribution in [3.8, 4) is 0 Å². The Morgan fingerprint density at radius 3 is 2.64 bits per heavy atom. The lowest BCUT2D eigenvalue weighted by atomic mass is 10.0. The molecule has 3 heteroatoms. The number of hydrogen-bond acceptors (Lipinski definition) is 1. The summed E-state index contributed by atoms with van der Waals surface area (Å²) in [7, 11) is 0. The van der Waals surface area contributed by atoms with Crippen molar-refractivity contribution in [2.75, 3.05) is 6.54 Å². The third kappa shape index (κ3) is 1.64. The van der Waals surface area contributed by atoms with Gasteiger partial charge in [0.15, 0.2) is 0 Å². The second kappa shape index (κ2) is 3.11. The van der Waals surface area contributed by atoms with Gasteiger partial charge in [-0.25, -0.2) is 4.79 Å². The van der Waals surface area contributed by atoms with E-state index in [0.717, 1.165) is 19.4 Å². The van der Waals surface area contributed by atoms with E-state index in [4.69, 9.17) is 5.11 Å². The highest BCUT2D eigenvalue weighted by Crippen LogP contribution is 2.23. The lowest BCUT2D eigenvalue weighted by Crippen LogP contribution is -2.37. The van der Waals surface area contributed by atoms with Crippen molar-refractivity contribution in [2.24, 2.45) is 5.92 Å². The molecular formula is C8H15NO2. The molecule has 64 valence electrons. The molecule has 3 nitrogen and oxygen atoms in total. The minimum atomic E-state index is -0.763. The summed E-state index contributed by atoms with van der Waals surface area (Å²) in [6.45, 7) is 4.87. The first kappa shape index (κ1) is 8.37. The maximum Gasteiger partial charge on any atom is 0.407 e. The molecule has 0 aliphatic carbocycles. The minimum Gasteiger partial charge on any atom is -0.465 e. The number of likely N-dealkylation sites (tertiary alicyclic amines) is 1. The van der Waals surface area contributed by atoms with Crippen LogP contribution < -0.4 is 0 Å². The smallest absolute Gasteiger partial charge is 0.407 e. The predicted octanol–water partition coefficient (Wildman–Crippen LogP) is 1.78. The van der Waals surface area contributed by atoms with Crippen molar-refractivity contribution < 1.29 is 9.90 Å². The SMILES string of the molecule is CC(C)[C@H]1CCCN1C(=O)O. The van der Waals surface area contributed by atoms with Crippen LogP contribution in [0.1, 0.15) is 26.7 Å². The lowest BCUT2D eigenvalue weighted by Gasteiger charge is -2.24. The zero-order valence-corrected chi connectivity index (χ0v) is 7.08. The van der Waals surface area contributed by atoms with Gasteiger partial charge in [0.1, 0.15) is 0 Å². The van der Waals surface area contributed by atoms with Gasteiger partial charge in [0.25, 0.3) is 0 Å². The molecule has 1 atom stereocenters. The van der Waals surface area contributed by atoms with Gasteiger partial charge < -0.3 is 10.0 Å². The van der Waals surface area contributed by atoms with Crippen molar-refractivity contribution in [3.05, 3.63) is 0 Å². The van der Waals surface area contributed by atoms with Gasteiger partial charge in [-0.1, -0.05) is 13.8 Å². The van der Waals surface area contributed by atoms with E-state index in [1.54, 1.807) is 4.90 Å². The topological polar surface area (TPSA) is 40.5 Å². The molecule has 11 heavy (non-hydrogen) atoms. The largest absolute Gasteiger partial charge is 0.465 e. The summed E-state index contributed by atoms with van der Waals surface area (Å²) in [6.07, 6.45) is 1.29. The lowest BCUT2D eigenvalue weighted by molar-refractivity contribution is 0.129. The molecule has 1 rings (SSSR count). The molecule has 0 spiro atoms. The number of hydrogen-bond donors (Lipinski definition) is 1. The number of nitrogens with zero attached hydrogens (tertiary/aromatic N) is 1. The summed E-state index contributed by atoms with van der Waals surface area (Å²) < 4.78 is 0. The standard InChI is InChI=1S/C8H15NO2/c1-6(2)7-4-3-5-9(7)8(10)11/h6-7H,3-5H2,1-2H3,(H,10,11)/t7-/m1/s1. The van der Waals surface area contributed by atoms with Crippen LogP contribution in [0.4, 0.5) is 4.79 Å². The average molecular weight is 157 g/mol. The van der Waals surface area contributed by atoms with Gasteiger partial charge in [0.2, 0.25) is 0 Å². The van der Waals surface area contributed by atoms with Crippen molar-refractivity contribution in [1.82, 2.24) is 4.90 Å². The van der Waals surface area contributed by atoms with E-state index >= 15 is 0 Å². The summed E-state index contributed by atoms with van der Waals surface area (Å²) in [4.78, 5) is 12.2. The van der Waals surface area contributed by atoms with E-state index in [9.17, 15) is 4.79 Å². The minimum absolute atomic E-state index is 0.257. The maximum atomic E-state index is 10.6. The van der Waals surface area contributed by atoms with E-state index in [1.807, 2.05) is 0 Å². The zero-order chi connectivity index (χ0) is 8.43. The van der Waals surface area contributed by atoms with Crippen molar-refractivity contribution in [1.29, 1.82) is 0 Å². The zero-order valence-electron chi connectivity index (χ0n) is 7.08. The Balaban J connectivity index is 2.58. The number of amides is 1. The molecule has 1 aliphatic rings. The Morgan fingerprint density at radius 1 is 1.64 bits per heavy atom. The van der Waals surface area contributed by atoms with Crippen LogP contribution in [0.5, 0.6) is 0 Å². The number of rotatable bonds is 1. The molecule has 1 aliphatic heterocycles. The van der Waals surface area contributed by atoms with Gasteiger partial charge in [-0.15, -0.1) is 0 Å². The Bertz CT molecular complexity index is 156. The fourth-order valence-electron chi connectivity index (χ4n) is 1.72. The summed E-state index contributed by atoms with van der Waals surface area (Å²) in [5.74, 6) is 0.452. The Morgan fingerprint density at radius 2 is 2.27 bits per heavy atom. The Labute approximate surface area is 67.0 Å². The van der Waals surface area contributed by atoms with Crippen LogP contribution in [0, 0.1) is 5.92 Å². The molecule has 0 aromatic rings. The third-order valence-corrected chi connectivity index (χ3v) is 2.31. The van der Waals surface area contributed by atoms with E-state index in [2.05, 4.69) is 13.8 Å². The van der Waals surface area contributed by atoms with Crippen LogP contribution in [0.2, 0.25) is 0 Å². The molecule has 0 aromatic carbocycles. The summed E-state index contributed by atoms with van der Waals surface area (Å²) in [5.41, 5.74) is 0. The van der Waals surface area contributed by atoms with Crippen LogP contribution in [0.15, 0.2) is 0 Å². The van der Waals surface area contributed by atoms with Gasteiger partial charge in [0.05, 0.1) is 0 Å². The van der Waals surface area contributed by atoms with E-state index < -0.39 is 6.09 Å². The molecule has 0 saturated carbocycles. The Hall–Kier alpha value is -0.730. The van der Waals surface area contributed by atoms with Crippen LogP contribution in [0.25, 0.3) is 0 Å². The van der Waals surface area contributed by atoms with Gasteiger partial charge in [-0.2, -0.15) is 0 Å². The average Bonchev–Trinajstić information content (AvgIpc) is 2.32. The summed E-state index contributed by atoms with van der Waals surface area (Å²) >= 11 is 0. The van der Waals surface area contributed by atoms with Gasteiger partial charge >= 0.3 is 6.09 Å². The van der Waals surface area contributed by atoms with Gasteiger partial charge in [-0.3, -0.25) is 0 Å². The van der Waals surface area contributed by atoms with Crippen molar-refractivity contribution in [3.63, 3.8) is 0 Å². The number of carbonyl (C=O) groups is 1. The number of carboxylic acid groups (broad SMARTS) is 1. The molecule has 1 N–H and O–H groups in total. The van der Waals surface area contributed by atoms with E-state index in [-0.39, 0.29) is 6.04 Å². The first-order chi connectivity index (χ1) is 5.13. The highest BCUT2D eigenvalue weighted by Gasteiger charge is 2.30. The second-order valence-electron chi connectivity index (χ2n) is 3.43. The van der Waals surface area contributed by atoms with Crippen LogP contribution in [-0.2, 0) is 0 Å². The fraction of sp³-hybridized carbons (Fsp3) is 0.875. The van der Waals surface area contributed by atoms with Crippen LogP contribution in [0.3, 0.4) is 0 Å². The molecular weight excluding hydrogens is 142 g/mol. The normalized spacial score (nSPS) is 24.6. The monoisotopic (exact) mass is 157 g/mol. The van der Waals surface area contributed by atoms with Crippen molar-refractivity contribution in [2.45, 2.75) is 32.7 Å². The van der Waals surface area contributed by atoms with Crippen LogP contribution in [-0.4, -0.2) is 28.7 Å². The highest BCUT2D eigenvalue weighted by atomic mass is 16.4. The molecule has 1 fully saturated rings. The first-order valence-corrected chi connectivity index (χ1v) is 4.12. The summed E-state index contributed by atoms with van der Waals surface area (Å²) in [5, 5.41) is 8.76. The molecule has 0 radical (unpaired) electrons. The van der Waals surface area contributed by atoms with Crippen LogP contribution >= 0.6 is 0 Å². The summed E-state index contributed by atoms with van der Waals surface area (Å²) in [6, 6.07) is 0.257. The van der Waals surface area contributed by atoms with Crippen molar-refractivity contribution >= 4 is 6.09 Å². The Kier molecular flexibility index (Phi) is 2.37. The van der Waals surface area contributed by atoms with E-state index in [0.29, 0.717) is 5.92 Å². The quantitative estimate of drug-likeness (QED) is 0.630. The third-order valence-electron chi connectivity index (χ3n) is 2.31. The molecule has 1 amide bonds. The molecule has 1 saturated heterocycles. The molecule has 0 aromatic heterocycles. The fourth-order valence-corrected chi connectivity index (χ4v) is 1.72. The first-order valence-electron chi connectivity index (χ1n) is 4.12. The maximum absolute atomic E-state index is 10.6. The van der Waals surface area contributed by atoms with Gasteiger partial charge in [-0.05, 0) is 18.8 Å². The highest BCUT2D eigenvalue weighted by molar-refractivity contribution is 5.65. The van der Waals surface area contributed by atoms with E-state index in [1.165, 1.54) is 0 Å². The van der Waals surface area contributed by atoms with Gasteiger partial charge in [0, 0.05) is 12.6 Å². The molecule has 0 unspecified atom stereocenters. The predicted molar refractivity (Wildman–Crippen MR) is 42.6 cm³/mol. The second-order valence-corrected chi connectivity index (χ2v) is 3.43.